The molecule has 0 aliphatic heterocycles. The Kier molecular flexibility index (Phi) is 10.4. The van der Waals surface area contributed by atoms with Gasteiger partial charge in [0.1, 0.15) is 24.1 Å². The first-order chi connectivity index (χ1) is 16.9. The van der Waals surface area contributed by atoms with Crippen molar-refractivity contribution in [1.29, 1.82) is 0 Å². The van der Waals surface area contributed by atoms with Crippen LogP contribution in [0.2, 0.25) is 5.02 Å². The predicted octanol–water partition coefficient (Wildman–Crippen LogP) is 3.46. The number of anilines is 1. The largest absolute Gasteiger partial charge is 0.497 e. The maximum Gasteiger partial charge on any atom is 0.244 e. The SMILES string of the molecule is CC[C@H](C(=O)NC(C)C)N(Cc1ccc(Cl)cc1)C(=O)CN(c1cc(OC)ccc1OC)S(C)(=O)=O. The number of carbonyl (C=O) groups excluding carboxylic acids is 2. The van der Waals surface area contributed by atoms with Crippen LogP contribution in [0.15, 0.2) is 42.5 Å². The zero-order valence-electron chi connectivity index (χ0n) is 21.4. The van der Waals surface area contributed by atoms with E-state index in [9.17, 15) is 18.0 Å². The fraction of sp³-hybridized carbons (Fsp3) is 0.440. The summed E-state index contributed by atoms with van der Waals surface area (Å²) in [7, 11) is -1.06. The fourth-order valence-corrected chi connectivity index (χ4v) is 4.64. The topological polar surface area (TPSA) is 105 Å². The van der Waals surface area contributed by atoms with Gasteiger partial charge in [0.15, 0.2) is 0 Å². The number of rotatable bonds is 12. The first-order valence-electron chi connectivity index (χ1n) is 11.4. The molecule has 0 spiro atoms. The van der Waals surface area contributed by atoms with E-state index >= 15 is 0 Å². The number of nitrogens with zero attached hydrogens (tertiary/aromatic N) is 2. The quantitative estimate of drug-likeness (QED) is 0.443. The Morgan fingerprint density at radius 2 is 1.69 bits per heavy atom. The van der Waals surface area contributed by atoms with Crippen LogP contribution in [0, 0.1) is 0 Å². The number of benzene rings is 2. The van der Waals surface area contributed by atoms with E-state index < -0.39 is 28.5 Å². The number of ether oxygens (including phenoxy) is 2. The molecule has 0 unspecified atom stereocenters. The van der Waals surface area contributed by atoms with Crippen LogP contribution in [0.25, 0.3) is 0 Å². The Labute approximate surface area is 218 Å². The standard InChI is InChI=1S/C25H34ClN3O6S/c1-7-21(25(31)27-17(2)3)28(15-18-8-10-19(26)11-9-18)24(30)16-29(36(6,32)33)22-14-20(34-4)12-13-23(22)35-5/h8-14,17,21H,7,15-16H2,1-6H3,(H,27,31)/t21-/m1/s1. The summed E-state index contributed by atoms with van der Waals surface area (Å²) in [6.45, 7) is 5.01. The lowest BCUT2D eigenvalue weighted by molar-refractivity contribution is -0.140. The molecule has 0 saturated heterocycles. The van der Waals surface area contributed by atoms with Gasteiger partial charge in [0, 0.05) is 23.7 Å². The number of hydrogen-bond acceptors (Lipinski definition) is 6. The van der Waals surface area contributed by atoms with Gasteiger partial charge in [-0.3, -0.25) is 13.9 Å². The van der Waals surface area contributed by atoms with Gasteiger partial charge >= 0.3 is 0 Å². The summed E-state index contributed by atoms with van der Waals surface area (Å²) in [5.41, 5.74) is 0.896. The van der Waals surface area contributed by atoms with Crippen molar-refractivity contribution in [3.63, 3.8) is 0 Å². The van der Waals surface area contributed by atoms with Gasteiger partial charge in [-0.1, -0.05) is 30.7 Å². The zero-order valence-corrected chi connectivity index (χ0v) is 23.0. The molecule has 9 nitrogen and oxygen atoms in total. The molecule has 0 bridgehead atoms. The highest BCUT2D eigenvalue weighted by Crippen LogP contribution is 2.34. The lowest BCUT2D eigenvalue weighted by Gasteiger charge is -2.33. The van der Waals surface area contributed by atoms with Crippen molar-refractivity contribution in [3.05, 3.63) is 53.1 Å². The average molecular weight is 540 g/mol. The van der Waals surface area contributed by atoms with E-state index in [-0.39, 0.29) is 29.9 Å². The molecule has 198 valence electrons. The van der Waals surface area contributed by atoms with E-state index in [4.69, 9.17) is 21.1 Å². The van der Waals surface area contributed by atoms with Gasteiger partial charge in [0.25, 0.3) is 0 Å². The highest BCUT2D eigenvalue weighted by Gasteiger charge is 2.33. The molecule has 0 fully saturated rings. The molecule has 36 heavy (non-hydrogen) atoms. The monoisotopic (exact) mass is 539 g/mol. The Balaban J connectivity index is 2.52. The summed E-state index contributed by atoms with van der Waals surface area (Å²) in [5, 5.41) is 3.39. The van der Waals surface area contributed by atoms with Gasteiger partial charge in [-0.05, 0) is 50.1 Å². The number of methoxy groups -OCH3 is 2. The normalized spacial score (nSPS) is 12.1. The molecule has 1 N–H and O–H groups in total. The van der Waals surface area contributed by atoms with Crippen LogP contribution in [0.4, 0.5) is 5.69 Å². The second kappa shape index (κ2) is 12.8. The van der Waals surface area contributed by atoms with Gasteiger partial charge in [-0.2, -0.15) is 0 Å². The van der Waals surface area contributed by atoms with Crippen molar-refractivity contribution in [1.82, 2.24) is 10.2 Å². The first-order valence-corrected chi connectivity index (χ1v) is 13.7. The predicted molar refractivity (Wildman–Crippen MR) is 141 cm³/mol. The Morgan fingerprint density at radius 1 is 1.06 bits per heavy atom. The molecule has 2 rings (SSSR count). The minimum Gasteiger partial charge on any atom is -0.497 e. The van der Waals surface area contributed by atoms with E-state index in [1.54, 1.807) is 43.3 Å². The van der Waals surface area contributed by atoms with Gasteiger partial charge in [0.05, 0.1) is 26.2 Å². The number of halogens is 1. The molecule has 0 heterocycles. The first kappa shape index (κ1) is 29.3. The van der Waals surface area contributed by atoms with E-state index in [0.29, 0.717) is 17.2 Å². The van der Waals surface area contributed by atoms with Gasteiger partial charge in [0.2, 0.25) is 21.8 Å². The fourth-order valence-electron chi connectivity index (χ4n) is 3.67. The average Bonchev–Trinajstić information content (AvgIpc) is 2.81. The van der Waals surface area contributed by atoms with Crippen LogP contribution in [0.1, 0.15) is 32.8 Å². The Bertz CT molecular complexity index is 1150. The third-order valence-corrected chi connectivity index (χ3v) is 6.80. The second-order valence-electron chi connectivity index (χ2n) is 8.54. The van der Waals surface area contributed by atoms with E-state index in [1.807, 2.05) is 13.8 Å². The maximum absolute atomic E-state index is 13.7. The number of sulfonamides is 1. The Hall–Kier alpha value is -2.98. The molecule has 1 atom stereocenters. The molecule has 0 radical (unpaired) electrons. The summed E-state index contributed by atoms with van der Waals surface area (Å²) in [6.07, 6.45) is 1.34. The minimum absolute atomic E-state index is 0.0902. The molecule has 0 aromatic heterocycles. The third-order valence-electron chi connectivity index (χ3n) is 5.42. The molecule has 0 aliphatic rings. The van der Waals surface area contributed by atoms with E-state index in [0.717, 1.165) is 16.1 Å². The smallest absolute Gasteiger partial charge is 0.244 e. The van der Waals surface area contributed by atoms with Crippen molar-refractivity contribution in [2.75, 3.05) is 31.3 Å². The molecule has 2 aromatic rings. The number of hydrogen-bond donors (Lipinski definition) is 1. The molecular formula is C25H34ClN3O6S. The lowest BCUT2D eigenvalue weighted by atomic mass is 10.1. The second-order valence-corrected chi connectivity index (χ2v) is 10.9. The van der Waals surface area contributed by atoms with E-state index in [2.05, 4.69) is 5.32 Å². The van der Waals surface area contributed by atoms with Crippen molar-refractivity contribution in [2.24, 2.45) is 0 Å². The maximum atomic E-state index is 13.7. The highest BCUT2D eigenvalue weighted by atomic mass is 35.5. The zero-order chi connectivity index (χ0) is 27.0. The van der Waals surface area contributed by atoms with Crippen LogP contribution < -0.4 is 19.1 Å². The number of carbonyl (C=O) groups is 2. The van der Waals surface area contributed by atoms with Gasteiger partial charge < -0.3 is 19.7 Å². The number of amides is 2. The van der Waals surface area contributed by atoms with Gasteiger partial charge in [-0.15, -0.1) is 0 Å². The van der Waals surface area contributed by atoms with E-state index in [1.165, 1.54) is 25.2 Å². The van der Waals surface area contributed by atoms with Crippen LogP contribution >= 0.6 is 11.6 Å². The molecule has 2 aromatic carbocycles. The summed E-state index contributed by atoms with van der Waals surface area (Å²) in [5.74, 6) is -0.221. The summed E-state index contributed by atoms with van der Waals surface area (Å²) < 4.78 is 37.2. The molecule has 2 amide bonds. The van der Waals surface area contributed by atoms with Crippen LogP contribution in [-0.2, 0) is 26.2 Å². The summed E-state index contributed by atoms with van der Waals surface area (Å²) >= 11 is 6.01. The highest BCUT2D eigenvalue weighted by molar-refractivity contribution is 7.92. The van der Waals surface area contributed by atoms with Crippen LogP contribution in [0.3, 0.4) is 0 Å². The summed E-state index contributed by atoms with van der Waals surface area (Å²) in [4.78, 5) is 28.1. The molecule has 0 saturated carbocycles. The van der Waals surface area contributed by atoms with Crippen LogP contribution in [-0.4, -0.2) is 64.2 Å². The molecule has 11 heteroatoms. The van der Waals surface area contributed by atoms with Crippen LogP contribution in [0.5, 0.6) is 11.5 Å². The third kappa shape index (κ3) is 7.76. The Morgan fingerprint density at radius 3 is 2.19 bits per heavy atom. The van der Waals surface area contributed by atoms with Gasteiger partial charge in [-0.25, -0.2) is 8.42 Å². The van der Waals surface area contributed by atoms with Crippen molar-refractivity contribution in [3.8, 4) is 11.5 Å². The summed E-state index contributed by atoms with van der Waals surface area (Å²) in [6, 6.07) is 10.6. The minimum atomic E-state index is -3.92. The number of nitrogens with one attached hydrogen (secondary N) is 1. The molecular weight excluding hydrogens is 506 g/mol. The lowest BCUT2D eigenvalue weighted by Crippen LogP contribution is -2.53. The molecule has 0 aliphatic carbocycles. The van der Waals surface area contributed by atoms with Crippen molar-refractivity contribution >= 4 is 39.1 Å². The van der Waals surface area contributed by atoms with Crippen molar-refractivity contribution < 1.29 is 27.5 Å². The van der Waals surface area contributed by atoms with Crippen molar-refractivity contribution in [2.45, 2.75) is 45.8 Å².